The van der Waals surface area contributed by atoms with E-state index in [-0.39, 0.29) is 17.9 Å². The highest BCUT2D eigenvalue weighted by atomic mass is 16.1. The van der Waals surface area contributed by atoms with Crippen molar-refractivity contribution in [2.24, 2.45) is 0 Å². The van der Waals surface area contributed by atoms with E-state index in [4.69, 9.17) is 10.2 Å². The van der Waals surface area contributed by atoms with Gasteiger partial charge in [-0.3, -0.25) is 9.69 Å². The Morgan fingerprint density at radius 2 is 1.42 bits per heavy atom. The van der Waals surface area contributed by atoms with Gasteiger partial charge in [0, 0.05) is 17.7 Å². The molecular formula is C21H22N4O. The summed E-state index contributed by atoms with van der Waals surface area (Å²) in [6.45, 7) is 2.44. The van der Waals surface area contributed by atoms with Crippen molar-refractivity contribution in [1.82, 2.24) is 19.9 Å². The topological polar surface area (TPSA) is 51.0 Å². The van der Waals surface area contributed by atoms with Gasteiger partial charge in [0.2, 0.25) is 0 Å². The Kier molecular flexibility index (Phi) is 4.39. The molecule has 0 aliphatic carbocycles. The molecule has 1 aliphatic heterocycles. The molecule has 0 spiro atoms. The molecule has 4 rings (SSSR count). The van der Waals surface area contributed by atoms with E-state index >= 15 is 0 Å². The molecule has 2 aromatic carbocycles. The minimum Gasteiger partial charge on any atom is -0.298 e. The van der Waals surface area contributed by atoms with Crippen molar-refractivity contribution in [2.45, 2.75) is 25.4 Å². The van der Waals surface area contributed by atoms with E-state index in [1.54, 1.807) is 6.92 Å². The van der Waals surface area contributed by atoms with E-state index in [2.05, 4.69) is 29.2 Å². The number of hydrogen-bond donors (Lipinski definition) is 0. The fraction of sp³-hybridized carbons (Fsp3) is 0.286. The highest BCUT2D eigenvalue weighted by molar-refractivity contribution is 5.81. The van der Waals surface area contributed by atoms with Gasteiger partial charge < -0.3 is 0 Å². The average Bonchev–Trinajstić information content (AvgIpc) is 3.27. The molecule has 1 aromatic heterocycles. The second-order valence-electron chi connectivity index (χ2n) is 6.91. The van der Waals surface area contributed by atoms with Gasteiger partial charge in [-0.1, -0.05) is 60.7 Å². The molecular weight excluding hydrogens is 324 g/mol. The summed E-state index contributed by atoms with van der Waals surface area (Å²) < 4.78 is 0. The minimum atomic E-state index is -0.0497. The summed E-state index contributed by atoms with van der Waals surface area (Å²) in [7, 11) is 1.99. The number of likely N-dealkylation sites (N-methyl/N-ethyl adjacent to an activating group) is 1. The van der Waals surface area contributed by atoms with Crippen LogP contribution in [0.1, 0.15) is 19.4 Å². The molecule has 1 unspecified atom stereocenters. The molecule has 1 aliphatic rings. The molecule has 5 nitrogen and oxygen atoms in total. The first-order valence-electron chi connectivity index (χ1n) is 8.92. The van der Waals surface area contributed by atoms with Crippen molar-refractivity contribution in [3.63, 3.8) is 0 Å². The summed E-state index contributed by atoms with van der Waals surface area (Å²) in [5, 5.41) is 9.67. The first-order chi connectivity index (χ1) is 12.6. The number of carbonyl (C=O) groups excluding carboxylic acids is 1. The fourth-order valence-electron chi connectivity index (χ4n) is 3.68. The van der Waals surface area contributed by atoms with Crippen LogP contribution >= 0.6 is 0 Å². The highest BCUT2D eigenvalue weighted by Gasteiger charge is 2.35. The van der Waals surface area contributed by atoms with E-state index in [1.165, 1.54) is 0 Å². The molecule has 0 saturated carbocycles. The fourth-order valence-corrected chi connectivity index (χ4v) is 3.68. The van der Waals surface area contributed by atoms with E-state index in [0.29, 0.717) is 0 Å². The van der Waals surface area contributed by atoms with Crippen LogP contribution < -0.4 is 0 Å². The number of Topliss-reactive ketones (excluding diaryl/α,β-unsaturated/α-hetero) is 1. The second-order valence-corrected chi connectivity index (χ2v) is 6.91. The van der Waals surface area contributed by atoms with Crippen LogP contribution in [0.25, 0.3) is 22.5 Å². The maximum Gasteiger partial charge on any atom is 0.146 e. The number of likely N-dealkylation sites (tertiary alicyclic amines) is 1. The van der Waals surface area contributed by atoms with Crippen LogP contribution in [0.15, 0.2) is 60.7 Å². The molecule has 26 heavy (non-hydrogen) atoms. The maximum absolute atomic E-state index is 11.9. The lowest BCUT2D eigenvalue weighted by Gasteiger charge is -2.14. The summed E-state index contributed by atoms with van der Waals surface area (Å²) in [6.07, 6.45) is 0.753. The van der Waals surface area contributed by atoms with Crippen molar-refractivity contribution in [3.05, 3.63) is 60.7 Å². The summed E-state index contributed by atoms with van der Waals surface area (Å²) in [4.78, 5) is 15.8. The standard InChI is InChI=1S/C21H22N4O/c1-15(26)19-13-18(14-24(19)2)25-22-20(16-9-5-3-6-10-16)21(23-25)17-11-7-4-8-12-17/h3-12,18-19H,13-14H2,1-2H3/t18-,19?/m1/s1. The van der Waals surface area contributed by atoms with Crippen molar-refractivity contribution in [1.29, 1.82) is 0 Å². The predicted molar refractivity (Wildman–Crippen MR) is 102 cm³/mol. The molecule has 0 N–H and O–H groups in total. The van der Waals surface area contributed by atoms with Gasteiger partial charge in [-0.15, -0.1) is 0 Å². The van der Waals surface area contributed by atoms with Gasteiger partial charge in [-0.2, -0.15) is 15.0 Å². The number of benzene rings is 2. The number of carbonyl (C=O) groups is 1. The minimum absolute atomic E-state index is 0.0497. The van der Waals surface area contributed by atoms with Crippen LogP contribution in [-0.4, -0.2) is 45.3 Å². The summed E-state index contributed by atoms with van der Waals surface area (Å²) in [5.41, 5.74) is 3.86. The van der Waals surface area contributed by atoms with Crippen LogP contribution in [0.4, 0.5) is 0 Å². The smallest absolute Gasteiger partial charge is 0.146 e. The third kappa shape index (κ3) is 3.06. The van der Waals surface area contributed by atoms with Crippen molar-refractivity contribution >= 4 is 5.78 Å². The van der Waals surface area contributed by atoms with Crippen LogP contribution in [-0.2, 0) is 4.79 Å². The van der Waals surface area contributed by atoms with Gasteiger partial charge in [0.1, 0.15) is 17.2 Å². The number of aromatic nitrogens is 3. The SMILES string of the molecule is CC(=O)C1C[C@@H](n2nc(-c3ccccc3)c(-c3ccccc3)n2)CN1C. The van der Waals surface area contributed by atoms with Crippen LogP contribution in [0, 0.1) is 0 Å². The molecule has 2 atom stereocenters. The first kappa shape index (κ1) is 16.7. The van der Waals surface area contributed by atoms with Gasteiger partial charge >= 0.3 is 0 Å². The van der Waals surface area contributed by atoms with Gasteiger partial charge in [-0.05, 0) is 20.4 Å². The summed E-state index contributed by atoms with van der Waals surface area (Å²) >= 11 is 0. The Bertz CT molecular complexity index is 847. The van der Waals surface area contributed by atoms with Crippen molar-refractivity contribution < 1.29 is 4.79 Å². The number of rotatable bonds is 4. The zero-order chi connectivity index (χ0) is 18.1. The Morgan fingerprint density at radius 3 is 1.85 bits per heavy atom. The van der Waals surface area contributed by atoms with Gasteiger partial charge in [0.05, 0.1) is 12.1 Å². The third-order valence-electron chi connectivity index (χ3n) is 5.05. The normalized spacial score (nSPS) is 20.4. The lowest BCUT2D eigenvalue weighted by atomic mass is 10.1. The largest absolute Gasteiger partial charge is 0.298 e. The lowest BCUT2D eigenvalue weighted by molar-refractivity contribution is -0.120. The predicted octanol–water partition coefficient (Wildman–Crippen LogP) is 3.45. The quantitative estimate of drug-likeness (QED) is 0.726. The maximum atomic E-state index is 11.9. The molecule has 0 bridgehead atoms. The van der Waals surface area contributed by atoms with E-state index in [9.17, 15) is 4.79 Å². The molecule has 5 heteroatoms. The Hall–Kier alpha value is -2.79. The zero-order valence-electron chi connectivity index (χ0n) is 15.0. The summed E-state index contributed by atoms with van der Waals surface area (Å²) in [6, 6.07) is 20.3. The molecule has 132 valence electrons. The second kappa shape index (κ2) is 6.84. The number of ketones is 1. The Morgan fingerprint density at radius 1 is 0.923 bits per heavy atom. The molecule has 2 heterocycles. The van der Waals surface area contributed by atoms with Crippen LogP contribution in [0.2, 0.25) is 0 Å². The van der Waals surface area contributed by atoms with Crippen LogP contribution in [0.5, 0.6) is 0 Å². The molecule has 0 amide bonds. The Balaban J connectivity index is 1.76. The van der Waals surface area contributed by atoms with Gasteiger partial charge in [0.15, 0.2) is 0 Å². The molecule has 1 fully saturated rings. The van der Waals surface area contributed by atoms with Gasteiger partial charge in [0.25, 0.3) is 0 Å². The van der Waals surface area contributed by atoms with Crippen molar-refractivity contribution in [2.75, 3.05) is 13.6 Å². The molecule has 3 aromatic rings. The summed E-state index contributed by atoms with van der Waals surface area (Å²) in [5.74, 6) is 0.203. The number of hydrogen-bond acceptors (Lipinski definition) is 4. The van der Waals surface area contributed by atoms with Gasteiger partial charge in [-0.25, -0.2) is 0 Å². The van der Waals surface area contributed by atoms with Crippen LogP contribution in [0.3, 0.4) is 0 Å². The number of nitrogens with zero attached hydrogens (tertiary/aromatic N) is 4. The van der Waals surface area contributed by atoms with Crippen molar-refractivity contribution in [3.8, 4) is 22.5 Å². The monoisotopic (exact) mass is 346 g/mol. The molecule has 0 radical (unpaired) electrons. The highest BCUT2D eigenvalue weighted by Crippen LogP contribution is 2.32. The lowest BCUT2D eigenvalue weighted by Crippen LogP contribution is -2.30. The van der Waals surface area contributed by atoms with E-state index < -0.39 is 0 Å². The van der Waals surface area contributed by atoms with E-state index in [0.717, 1.165) is 35.5 Å². The van der Waals surface area contributed by atoms with E-state index in [1.807, 2.05) is 48.2 Å². The average molecular weight is 346 g/mol. The molecule has 1 saturated heterocycles. The third-order valence-corrected chi connectivity index (χ3v) is 5.05. The Labute approximate surface area is 153 Å². The first-order valence-corrected chi connectivity index (χ1v) is 8.92. The zero-order valence-corrected chi connectivity index (χ0v) is 15.0.